The highest BCUT2D eigenvalue weighted by molar-refractivity contribution is 7.99. The highest BCUT2D eigenvalue weighted by atomic mass is 35.5. The quantitative estimate of drug-likeness (QED) is 0.517. The molecule has 0 bridgehead atoms. The Morgan fingerprint density at radius 2 is 1.96 bits per heavy atom. The van der Waals surface area contributed by atoms with Crippen LogP contribution in [0.2, 0.25) is 5.02 Å². The summed E-state index contributed by atoms with van der Waals surface area (Å²) in [6.07, 6.45) is 3.41. The van der Waals surface area contributed by atoms with Crippen LogP contribution >= 0.6 is 23.4 Å². The minimum absolute atomic E-state index is 0.112. The minimum Gasteiger partial charge on any atom is -0.307 e. The molecule has 6 heteroatoms. The van der Waals surface area contributed by atoms with Gasteiger partial charge in [-0.3, -0.25) is 5.10 Å². The SMILES string of the molecule is Cc1c(Sc2ccccc2)c2ccc(Cl)c(F)c2n1-c1cn[nH]c1. The van der Waals surface area contributed by atoms with E-state index in [9.17, 15) is 4.39 Å². The van der Waals surface area contributed by atoms with Gasteiger partial charge in [-0.1, -0.05) is 41.6 Å². The molecule has 0 saturated carbocycles. The van der Waals surface area contributed by atoms with Crippen molar-refractivity contribution in [3.8, 4) is 5.69 Å². The van der Waals surface area contributed by atoms with Gasteiger partial charge in [0.25, 0.3) is 0 Å². The highest BCUT2D eigenvalue weighted by Gasteiger charge is 2.21. The van der Waals surface area contributed by atoms with Crippen LogP contribution in [-0.2, 0) is 0 Å². The second-order valence-electron chi connectivity index (χ2n) is 5.38. The lowest BCUT2D eigenvalue weighted by atomic mass is 10.2. The number of aromatic nitrogens is 3. The number of benzene rings is 2. The smallest absolute Gasteiger partial charge is 0.166 e. The van der Waals surface area contributed by atoms with Gasteiger partial charge in [-0.15, -0.1) is 0 Å². The molecule has 0 aliphatic heterocycles. The summed E-state index contributed by atoms with van der Waals surface area (Å²) in [6, 6.07) is 13.5. The van der Waals surface area contributed by atoms with Gasteiger partial charge in [0.1, 0.15) is 0 Å². The molecule has 3 nitrogen and oxygen atoms in total. The molecule has 2 aromatic heterocycles. The predicted octanol–water partition coefficient (Wildman–Crippen LogP) is 5.61. The fourth-order valence-corrected chi connectivity index (χ4v) is 4.03. The van der Waals surface area contributed by atoms with Crippen molar-refractivity contribution in [2.45, 2.75) is 16.7 Å². The molecule has 0 saturated heterocycles. The first-order valence-electron chi connectivity index (χ1n) is 7.38. The monoisotopic (exact) mass is 357 g/mol. The van der Waals surface area contributed by atoms with Crippen molar-refractivity contribution in [1.82, 2.24) is 14.8 Å². The van der Waals surface area contributed by atoms with Crippen LogP contribution in [0, 0.1) is 12.7 Å². The molecular weight excluding hydrogens is 345 g/mol. The van der Waals surface area contributed by atoms with E-state index in [1.807, 2.05) is 47.9 Å². The topological polar surface area (TPSA) is 33.6 Å². The number of H-pyrrole nitrogens is 1. The molecule has 1 N–H and O–H groups in total. The van der Waals surface area contributed by atoms with E-state index in [1.54, 1.807) is 30.2 Å². The number of hydrogen-bond donors (Lipinski definition) is 1. The maximum absolute atomic E-state index is 14.8. The van der Waals surface area contributed by atoms with Gasteiger partial charge in [0.2, 0.25) is 0 Å². The Labute approximate surface area is 147 Å². The zero-order valence-corrected chi connectivity index (χ0v) is 14.3. The Balaban J connectivity index is 2.01. The third kappa shape index (κ3) is 2.41. The third-order valence-electron chi connectivity index (χ3n) is 3.91. The summed E-state index contributed by atoms with van der Waals surface area (Å²) < 4.78 is 16.6. The van der Waals surface area contributed by atoms with Gasteiger partial charge in [0.05, 0.1) is 22.4 Å². The number of aromatic amines is 1. The molecule has 0 radical (unpaired) electrons. The van der Waals surface area contributed by atoms with E-state index >= 15 is 0 Å². The Kier molecular flexibility index (Phi) is 3.82. The number of nitrogens with one attached hydrogen (secondary N) is 1. The van der Waals surface area contributed by atoms with Crippen LogP contribution < -0.4 is 0 Å². The third-order valence-corrected chi connectivity index (χ3v) is 5.43. The lowest BCUT2D eigenvalue weighted by Gasteiger charge is -2.06. The number of hydrogen-bond acceptors (Lipinski definition) is 2. The summed E-state index contributed by atoms with van der Waals surface area (Å²) in [5.41, 5.74) is 2.19. The molecule has 2 aromatic carbocycles. The number of fused-ring (bicyclic) bond motifs is 1. The maximum atomic E-state index is 14.8. The molecule has 0 amide bonds. The summed E-state index contributed by atoms with van der Waals surface area (Å²) in [4.78, 5) is 2.11. The number of nitrogens with zero attached hydrogens (tertiary/aromatic N) is 2. The molecule has 0 spiro atoms. The Hall–Kier alpha value is -2.24. The van der Waals surface area contributed by atoms with E-state index in [0.29, 0.717) is 5.52 Å². The standard InChI is InChI=1S/C18H13ClFN3S/c1-11-18(24-13-5-3-2-4-6-13)14-7-8-15(19)16(20)17(14)23(11)12-9-21-22-10-12/h2-10H,1H3,(H,21,22). The zero-order chi connectivity index (χ0) is 16.7. The van der Waals surface area contributed by atoms with Gasteiger partial charge in [-0.25, -0.2) is 4.39 Å². The summed E-state index contributed by atoms with van der Waals surface area (Å²) in [6.45, 7) is 1.98. The van der Waals surface area contributed by atoms with Crippen molar-refractivity contribution in [3.05, 3.63) is 71.4 Å². The molecule has 4 aromatic rings. The van der Waals surface area contributed by atoms with Crippen LogP contribution in [0.3, 0.4) is 0 Å². The summed E-state index contributed by atoms with van der Waals surface area (Å²) in [7, 11) is 0. The Bertz CT molecular complexity index is 1010. The van der Waals surface area contributed by atoms with Crippen molar-refractivity contribution in [2.75, 3.05) is 0 Å². The summed E-state index contributed by atoms with van der Waals surface area (Å²) in [5.74, 6) is -0.418. The van der Waals surface area contributed by atoms with E-state index < -0.39 is 5.82 Å². The molecule has 0 aliphatic carbocycles. The van der Waals surface area contributed by atoms with E-state index in [4.69, 9.17) is 11.6 Å². The highest BCUT2D eigenvalue weighted by Crippen LogP contribution is 2.41. The van der Waals surface area contributed by atoms with Crippen molar-refractivity contribution in [3.63, 3.8) is 0 Å². The summed E-state index contributed by atoms with van der Waals surface area (Å²) in [5, 5.41) is 7.71. The molecule has 0 fully saturated rings. The van der Waals surface area contributed by atoms with Crippen LogP contribution in [0.25, 0.3) is 16.6 Å². The van der Waals surface area contributed by atoms with Gasteiger partial charge >= 0.3 is 0 Å². The van der Waals surface area contributed by atoms with E-state index in [1.165, 1.54) is 0 Å². The number of halogens is 2. The average Bonchev–Trinajstić information content (AvgIpc) is 3.20. The Morgan fingerprint density at radius 1 is 1.17 bits per heavy atom. The number of rotatable bonds is 3. The molecular formula is C18H13ClFN3S. The lowest BCUT2D eigenvalue weighted by Crippen LogP contribution is -1.97. The molecule has 0 aliphatic rings. The van der Waals surface area contributed by atoms with Crippen LogP contribution in [0.1, 0.15) is 5.69 Å². The first-order chi connectivity index (χ1) is 11.7. The fraction of sp³-hybridized carbons (Fsp3) is 0.0556. The molecule has 4 rings (SSSR count). The zero-order valence-electron chi connectivity index (χ0n) is 12.8. The normalized spacial score (nSPS) is 11.3. The van der Waals surface area contributed by atoms with E-state index in [0.717, 1.165) is 26.6 Å². The van der Waals surface area contributed by atoms with Gasteiger partial charge in [-0.2, -0.15) is 5.10 Å². The predicted molar refractivity (Wildman–Crippen MR) is 95.7 cm³/mol. The van der Waals surface area contributed by atoms with Crippen LogP contribution in [-0.4, -0.2) is 14.8 Å². The molecule has 0 atom stereocenters. The van der Waals surface area contributed by atoms with Gasteiger partial charge in [-0.05, 0) is 31.2 Å². The largest absolute Gasteiger partial charge is 0.307 e. The maximum Gasteiger partial charge on any atom is 0.166 e. The first kappa shape index (κ1) is 15.3. The van der Waals surface area contributed by atoms with Crippen LogP contribution in [0.5, 0.6) is 0 Å². The molecule has 24 heavy (non-hydrogen) atoms. The first-order valence-corrected chi connectivity index (χ1v) is 8.57. The van der Waals surface area contributed by atoms with Crippen molar-refractivity contribution in [1.29, 1.82) is 0 Å². The second kappa shape index (κ2) is 6.00. The van der Waals surface area contributed by atoms with Gasteiger partial charge in [0.15, 0.2) is 5.82 Å². The van der Waals surface area contributed by atoms with Gasteiger partial charge in [0, 0.05) is 27.1 Å². The van der Waals surface area contributed by atoms with Crippen molar-refractivity contribution in [2.24, 2.45) is 0 Å². The van der Waals surface area contributed by atoms with Gasteiger partial charge < -0.3 is 4.57 Å². The van der Waals surface area contributed by atoms with E-state index in [2.05, 4.69) is 10.2 Å². The average molecular weight is 358 g/mol. The molecule has 0 unspecified atom stereocenters. The second-order valence-corrected chi connectivity index (χ2v) is 6.87. The fourth-order valence-electron chi connectivity index (χ4n) is 2.83. The van der Waals surface area contributed by atoms with Crippen molar-refractivity contribution < 1.29 is 4.39 Å². The lowest BCUT2D eigenvalue weighted by molar-refractivity contribution is 0.634. The summed E-state index contributed by atoms with van der Waals surface area (Å²) >= 11 is 7.64. The van der Waals surface area contributed by atoms with E-state index in [-0.39, 0.29) is 5.02 Å². The molecule has 120 valence electrons. The van der Waals surface area contributed by atoms with Crippen LogP contribution in [0.15, 0.2) is 64.6 Å². The minimum atomic E-state index is -0.418. The Morgan fingerprint density at radius 3 is 2.67 bits per heavy atom. The van der Waals surface area contributed by atoms with Crippen molar-refractivity contribution >= 4 is 34.3 Å². The van der Waals surface area contributed by atoms with Crippen LogP contribution in [0.4, 0.5) is 4.39 Å². The molecule has 2 heterocycles.